The van der Waals surface area contributed by atoms with Gasteiger partial charge in [-0.25, -0.2) is 0 Å². The first-order chi connectivity index (χ1) is 12.8. The Morgan fingerprint density at radius 1 is 1.04 bits per heavy atom. The van der Waals surface area contributed by atoms with Crippen LogP contribution in [-0.2, 0) is 16.0 Å². The summed E-state index contributed by atoms with van der Waals surface area (Å²) in [7, 11) is 0. The van der Waals surface area contributed by atoms with Crippen molar-refractivity contribution in [2.24, 2.45) is 0 Å². The Balaban J connectivity index is 2.62. The van der Waals surface area contributed by atoms with Crippen molar-refractivity contribution in [3.63, 3.8) is 0 Å². The van der Waals surface area contributed by atoms with Gasteiger partial charge in [0.15, 0.2) is 0 Å². The number of nitrogens with zero attached hydrogens (tertiary/aromatic N) is 2. The van der Waals surface area contributed by atoms with Gasteiger partial charge in [0, 0.05) is 25.6 Å². The summed E-state index contributed by atoms with van der Waals surface area (Å²) >= 11 is 0. The minimum atomic E-state index is -1.53. The maximum absolute atomic E-state index is 10.4. The smallest absolute Gasteiger partial charge is 0.303 e. The van der Waals surface area contributed by atoms with Gasteiger partial charge in [-0.05, 0) is 6.42 Å². The number of aliphatic hydroxyl groups excluding tert-OH is 6. The molecular formula is C16H26N2O9. The lowest BCUT2D eigenvalue weighted by Crippen LogP contribution is -2.38. The molecule has 5 atom stereocenters. The van der Waals surface area contributed by atoms with Crippen molar-refractivity contribution in [2.75, 3.05) is 19.8 Å². The van der Waals surface area contributed by atoms with E-state index in [1.54, 1.807) is 0 Å². The Morgan fingerprint density at radius 2 is 1.74 bits per heavy atom. The standard InChI is InChI=1S/C16H26N2O9/c19-7-12(22)11(21)4-9-5-18-10(6-17-9)15(25)16(26)13(8-20)27-3-1-2-14(23)24/h5-6,11-13,15-16,19-22,25-26H,1-4,7-8H2,(H,23,24)/t11-,12+,13+,15+,16+/m0/s1. The van der Waals surface area contributed by atoms with Crippen LogP contribution in [0.25, 0.3) is 0 Å². The van der Waals surface area contributed by atoms with Crippen LogP contribution in [0.4, 0.5) is 0 Å². The van der Waals surface area contributed by atoms with Gasteiger partial charge in [0.2, 0.25) is 0 Å². The molecule has 0 aliphatic heterocycles. The molecule has 0 aromatic carbocycles. The second-order valence-electron chi connectivity index (χ2n) is 5.98. The summed E-state index contributed by atoms with van der Waals surface area (Å²) in [5, 5.41) is 65.9. The van der Waals surface area contributed by atoms with Crippen LogP contribution in [0.3, 0.4) is 0 Å². The summed E-state index contributed by atoms with van der Waals surface area (Å²) in [5.74, 6) is -0.994. The molecule has 0 saturated heterocycles. The maximum Gasteiger partial charge on any atom is 0.303 e. The van der Waals surface area contributed by atoms with Crippen LogP contribution in [0.5, 0.6) is 0 Å². The molecule has 1 heterocycles. The van der Waals surface area contributed by atoms with Crippen LogP contribution < -0.4 is 0 Å². The van der Waals surface area contributed by atoms with Gasteiger partial charge in [0.1, 0.15) is 24.4 Å². The molecule has 1 aromatic heterocycles. The molecule has 11 nitrogen and oxygen atoms in total. The fourth-order valence-corrected chi connectivity index (χ4v) is 2.19. The van der Waals surface area contributed by atoms with E-state index < -0.39 is 49.7 Å². The molecule has 27 heavy (non-hydrogen) atoms. The molecule has 154 valence electrons. The average molecular weight is 390 g/mol. The maximum atomic E-state index is 10.4. The summed E-state index contributed by atoms with van der Waals surface area (Å²) in [6.07, 6.45) is -4.34. The van der Waals surface area contributed by atoms with Crippen molar-refractivity contribution in [2.45, 2.75) is 49.8 Å². The van der Waals surface area contributed by atoms with E-state index in [-0.39, 0.29) is 31.6 Å². The molecule has 7 N–H and O–H groups in total. The number of carbonyl (C=O) groups is 1. The van der Waals surface area contributed by atoms with Crippen LogP contribution in [-0.4, -0.2) is 95.9 Å². The van der Waals surface area contributed by atoms with Crippen molar-refractivity contribution in [3.8, 4) is 0 Å². The van der Waals surface area contributed by atoms with E-state index in [1.807, 2.05) is 0 Å². The van der Waals surface area contributed by atoms with E-state index >= 15 is 0 Å². The Bertz CT molecular complexity index is 557. The molecule has 0 amide bonds. The summed E-state index contributed by atoms with van der Waals surface area (Å²) in [4.78, 5) is 18.3. The fraction of sp³-hybridized carbons (Fsp3) is 0.688. The number of rotatable bonds is 13. The zero-order valence-corrected chi connectivity index (χ0v) is 14.6. The van der Waals surface area contributed by atoms with Crippen molar-refractivity contribution in [1.82, 2.24) is 9.97 Å². The largest absolute Gasteiger partial charge is 0.481 e. The highest BCUT2D eigenvalue weighted by Gasteiger charge is 2.29. The molecule has 0 fully saturated rings. The zero-order chi connectivity index (χ0) is 20.4. The molecule has 0 saturated carbocycles. The normalized spacial score (nSPS) is 17.1. The van der Waals surface area contributed by atoms with Gasteiger partial charge in [0.25, 0.3) is 0 Å². The first kappa shape index (κ1) is 23.3. The Kier molecular flexibility index (Phi) is 10.3. The van der Waals surface area contributed by atoms with Gasteiger partial charge < -0.3 is 40.5 Å². The lowest BCUT2D eigenvalue weighted by molar-refractivity contribution is -0.138. The van der Waals surface area contributed by atoms with Gasteiger partial charge in [0.05, 0.1) is 36.9 Å². The Morgan fingerprint density at radius 3 is 2.26 bits per heavy atom. The first-order valence-corrected chi connectivity index (χ1v) is 8.38. The van der Waals surface area contributed by atoms with Gasteiger partial charge in [-0.3, -0.25) is 14.8 Å². The quantitative estimate of drug-likeness (QED) is 0.174. The van der Waals surface area contributed by atoms with Crippen LogP contribution in [0, 0.1) is 0 Å². The molecule has 0 radical (unpaired) electrons. The number of hydrogen-bond acceptors (Lipinski definition) is 10. The summed E-state index contributed by atoms with van der Waals surface area (Å²) in [6.45, 7) is -1.22. The highest BCUT2D eigenvalue weighted by molar-refractivity contribution is 5.66. The molecule has 0 aliphatic rings. The first-order valence-electron chi connectivity index (χ1n) is 8.38. The summed E-state index contributed by atoms with van der Waals surface area (Å²) in [6, 6.07) is 0. The van der Waals surface area contributed by atoms with Gasteiger partial charge in [-0.1, -0.05) is 0 Å². The molecule has 1 rings (SSSR count). The fourth-order valence-electron chi connectivity index (χ4n) is 2.19. The topological polar surface area (TPSA) is 194 Å². The minimum Gasteiger partial charge on any atom is -0.481 e. The van der Waals surface area contributed by atoms with Gasteiger partial charge in [-0.2, -0.15) is 0 Å². The SMILES string of the molecule is O=C(O)CCCO[C@H](CO)[C@@H](O)[C@H](O)c1cnc(C[C@H](O)[C@H](O)CO)cn1. The van der Waals surface area contributed by atoms with Crippen molar-refractivity contribution in [1.29, 1.82) is 0 Å². The molecule has 0 spiro atoms. The number of aromatic nitrogens is 2. The number of hydrogen-bond donors (Lipinski definition) is 7. The Labute approximate surface area is 155 Å². The van der Waals surface area contributed by atoms with Crippen molar-refractivity contribution < 1.29 is 45.3 Å². The van der Waals surface area contributed by atoms with E-state index in [9.17, 15) is 30.3 Å². The third-order valence-electron chi connectivity index (χ3n) is 3.83. The third-order valence-corrected chi connectivity index (χ3v) is 3.83. The predicted octanol–water partition coefficient (Wildman–Crippen LogP) is -2.63. The average Bonchev–Trinajstić information content (AvgIpc) is 2.66. The number of ether oxygens (including phenoxy) is 1. The predicted molar refractivity (Wildman–Crippen MR) is 89.5 cm³/mol. The molecule has 0 unspecified atom stereocenters. The van der Waals surface area contributed by atoms with Gasteiger partial charge in [-0.15, -0.1) is 0 Å². The van der Waals surface area contributed by atoms with Crippen LogP contribution in [0.2, 0.25) is 0 Å². The molecule has 1 aromatic rings. The molecule has 0 aliphatic carbocycles. The highest BCUT2D eigenvalue weighted by atomic mass is 16.5. The van der Waals surface area contributed by atoms with Crippen LogP contribution in [0.15, 0.2) is 12.4 Å². The van der Waals surface area contributed by atoms with Gasteiger partial charge >= 0.3 is 5.97 Å². The van der Waals surface area contributed by atoms with E-state index in [4.69, 9.17) is 14.9 Å². The molecular weight excluding hydrogens is 364 g/mol. The van der Waals surface area contributed by atoms with Crippen LogP contribution >= 0.6 is 0 Å². The number of carboxylic acid groups (broad SMARTS) is 1. The molecule has 11 heteroatoms. The van der Waals surface area contributed by atoms with Crippen LogP contribution in [0.1, 0.15) is 30.3 Å². The molecule has 0 bridgehead atoms. The van der Waals surface area contributed by atoms with E-state index in [2.05, 4.69) is 9.97 Å². The van der Waals surface area contributed by atoms with E-state index in [1.165, 1.54) is 12.4 Å². The lowest BCUT2D eigenvalue weighted by atomic mass is 10.1. The zero-order valence-electron chi connectivity index (χ0n) is 14.6. The third kappa shape index (κ3) is 7.81. The summed E-state index contributed by atoms with van der Waals surface area (Å²) in [5.41, 5.74) is 0.292. The van der Waals surface area contributed by atoms with E-state index in [0.717, 1.165) is 0 Å². The number of carboxylic acids is 1. The number of aliphatic carboxylic acids is 1. The summed E-state index contributed by atoms with van der Waals surface area (Å²) < 4.78 is 5.21. The highest BCUT2D eigenvalue weighted by Crippen LogP contribution is 2.19. The van der Waals surface area contributed by atoms with Crippen molar-refractivity contribution in [3.05, 3.63) is 23.8 Å². The van der Waals surface area contributed by atoms with E-state index in [0.29, 0.717) is 5.69 Å². The minimum absolute atomic E-state index is 0.00367. The van der Waals surface area contributed by atoms with Crippen molar-refractivity contribution >= 4 is 5.97 Å². The Hall–Kier alpha value is -1.73. The monoisotopic (exact) mass is 390 g/mol. The number of aliphatic hydroxyl groups is 6. The second kappa shape index (κ2) is 11.9. The lowest BCUT2D eigenvalue weighted by Gasteiger charge is -2.25. The second-order valence-corrected chi connectivity index (χ2v) is 5.98.